The Morgan fingerprint density at radius 1 is 0.452 bits per heavy atom. The van der Waals surface area contributed by atoms with Gasteiger partial charge in [-0.1, -0.05) is 115 Å². The Hall–Kier alpha value is -0.800. The first-order valence-electron chi connectivity index (χ1n) is 11.1. The number of ether oxygens (including phenoxy) is 1. The summed E-state index contributed by atoms with van der Waals surface area (Å²) >= 11 is 7.52. The van der Waals surface area contributed by atoms with Crippen LogP contribution in [-0.4, -0.2) is 0 Å². The van der Waals surface area contributed by atoms with E-state index in [1.54, 1.807) is 0 Å². The lowest BCUT2D eigenvalue weighted by molar-refractivity contribution is 0.403. The third-order valence-electron chi connectivity index (χ3n) is 5.54. The van der Waals surface area contributed by atoms with E-state index in [4.69, 9.17) is 4.74 Å². The van der Waals surface area contributed by atoms with Crippen molar-refractivity contribution in [3.63, 3.8) is 0 Å². The van der Waals surface area contributed by atoms with E-state index in [1.165, 1.54) is 22.3 Å². The molecule has 1 nitrogen and oxygen atoms in total. The van der Waals surface area contributed by atoms with E-state index in [0.717, 1.165) is 20.4 Å². The van der Waals surface area contributed by atoms with Crippen LogP contribution in [-0.2, 0) is 21.7 Å². The first-order chi connectivity index (χ1) is 13.7. The minimum absolute atomic E-state index is 0.0573. The van der Waals surface area contributed by atoms with Crippen molar-refractivity contribution in [2.75, 3.05) is 0 Å². The molecule has 0 heterocycles. The first-order valence-corrected chi connectivity index (χ1v) is 12.7. The number of halogens is 2. The third-order valence-corrected chi connectivity index (χ3v) is 6.46. The summed E-state index contributed by atoms with van der Waals surface area (Å²) in [6, 6.07) is 8.88. The van der Waals surface area contributed by atoms with Gasteiger partial charge >= 0.3 is 0 Å². The van der Waals surface area contributed by atoms with E-state index in [-0.39, 0.29) is 21.7 Å². The summed E-state index contributed by atoms with van der Waals surface area (Å²) < 4.78 is 9.27. The van der Waals surface area contributed by atoms with Crippen molar-refractivity contribution in [3.05, 3.63) is 55.5 Å². The summed E-state index contributed by atoms with van der Waals surface area (Å²) in [6.45, 7) is 27.1. The summed E-state index contributed by atoms with van der Waals surface area (Å²) in [5.41, 5.74) is 4.64. The zero-order valence-corrected chi connectivity index (χ0v) is 24.6. The third kappa shape index (κ3) is 6.16. The van der Waals surface area contributed by atoms with Crippen LogP contribution in [0.25, 0.3) is 0 Å². The summed E-state index contributed by atoms with van der Waals surface area (Å²) in [4.78, 5) is 0. The van der Waals surface area contributed by atoms with Crippen LogP contribution in [0.4, 0.5) is 0 Å². The lowest BCUT2D eigenvalue weighted by atomic mass is 9.78. The molecule has 2 rings (SSSR count). The average molecular weight is 552 g/mol. The van der Waals surface area contributed by atoms with Crippen LogP contribution in [0.3, 0.4) is 0 Å². The molecule has 3 heteroatoms. The summed E-state index contributed by atoms with van der Waals surface area (Å²) in [5, 5.41) is 0. The minimum atomic E-state index is -0.0573. The zero-order valence-electron chi connectivity index (χ0n) is 21.5. The predicted octanol–water partition coefficient (Wildman–Crippen LogP) is 10.2. The van der Waals surface area contributed by atoms with Gasteiger partial charge in [0.25, 0.3) is 0 Å². The molecule has 0 atom stereocenters. The molecule has 0 N–H and O–H groups in total. The molecule has 0 unspecified atom stereocenters. The van der Waals surface area contributed by atoms with Crippen LogP contribution < -0.4 is 4.74 Å². The van der Waals surface area contributed by atoms with Gasteiger partial charge in [0.1, 0.15) is 11.5 Å². The zero-order chi connectivity index (χ0) is 24.2. The van der Waals surface area contributed by atoms with Crippen molar-refractivity contribution in [2.45, 2.75) is 105 Å². The van der Waals surface area contributed by atoms with Gasteiger partial charge in [0, 0.05) is 31.2 Å². The second-order valence-electron chi connectivity index (χ2n) is 12.8. The summed E-state index contributed by atoms with van der Waals surface area (Å²) in [6.07, 6.45) is 0. The molecule has 0 radical (unpaired) electrons. The van der Waals surface area contributed by atoms with Gasteiger partial charge in [-0.05, 0) is 45.9 Å². The number of hydrogen-bond donors (Lipinski definition) is 0. The van der Waals surface area contributed by atoms with Gasteiger partial charge in [0.2, 0.25) is 0 Å². The first kappa shape index (κ1) is 26.5. The number of hydrogen-bond acceptors (Lipinski definition) is 1. The fourth-order valence-electron chi connectivity index (χ4n) is 3.74. The van der Waals surface area contributed by atoms with E-state index in [9.17, 15) is 0 Å². The largest absolute Gasteiger partial charge is 0.456 e. The highest BCUT2D eigenvalue weighted by molar-refractivity contribution is 9.10. The van der Waals surface area contributed by atoms with E-state index < -0.39 is 0 Å². The molecule has 0 saturated carbocycles. The second-order valence-corrected chi connectivity index (χ2v) is 14.6. The fraction of sp³-hybridized carbons (Fsp3) is 0.571. The standard InChI is InChI=1S/C28H40Br2O/c1-25(2,3)19-13-17(29)14-20(26(4,5)6)23(19)31-24-21(27(7,8)9)15-18(30)16-22(24)28(10,11)12/h13-16H,1-12H3. The molecule has 0 fully saturated rings. The van der Waals surface area contributed by atoms with Crippen LogP contribution in [0.1, 0.15) is 105 Å². The maximum Gasteiger partial charge on any atom is 0.134 e. The molecule has 0 spiro atoms. The highest BCUT2D eigenvalue weighted by Gasteiger charge is 2.32. The average Bonchev–Trinajstić information content (AvgIpc) is 2.53. The Morgan fingerprint density at radius 2 is 0.645 bits per heavy atom. The molecule has 0 aliphatic rings. The Balaban J connectivity index is 2.98. The van der Waals surface area contributed by atoms with Crippen LogP contribution in [0, 0.1) is 0 Å². The van der Waals surface area contributed by atoms with Gasteiger partial charge in [0.15, 0.2) is 0 Å². The van der Waals surface area contributed by atoms with Crippen molar-refractivity contribution >= 4 is 31.9 Å². The van der Waals surface area contributed by atoms with Gasteiger partial charge in [-0.3, -0.25) is 0 Å². The maximum atomic E-state index is 7.08. The van der Waals surface area contributed by atoms with Crippen molar-refractivity contribution < 1.29 is 4.74 Å². The van der Waals surface area contributed by atoms with Crippen LogP contribution in [0.15, 0.2) is 33.2 Å². The van der Waals surface area contributed by atoms with Crippen molar-refractivity contribution in [3.8, 4) is 11.5 Å². The van der Waals surface area contributed by atoms with E-state index in [0.29, 0.717) is 0 Å². The summed E-state index contributed by atoms with van der Waals surface area (Å²) in [7, 11) is 0. The monoisotopic (exact) mass is 550 g/mol. The Labute approximate surface area is 207 Å². The second kappa shape index (κ2) is 8.52. The van der Waals surface area contributed by atoms with Gasteiger partial charge in [-0.25, -0.2) is 0 Å². The quantitative estimate of drug-likeness (QED) is 0.360. The molecular formula is C28H40Br2O. The van der Waals surface area contributed by atoms with E-state index in [1.807, 2.05) is 0 Å². The predicted molar refractivity (Wildman–Crippen MR) is 143 cm³/mol. The molecule has 0 aromatic heterocycles. The molecule has 2 aromatic rings. The molecule has 0 amide bonds. The Kier molecular flexibility index (Phi) is 7.27. The summed E-state index contributed by atoms with van der Waals surface area (Å²) in [5.74, 6) is 1.98. The Morgan fingerprint density at radius 3 is 0.806 bits per heavy atom. The van der Waals surface area contributed by atoms with E-state index in [2.05, 4.69) is 139 Å². The topological polar surface area (TPSA) is 9.23 Å². The maximum absolute atomic E-state index is 7.08. The van der Waals surface area contributed by atoms with Crippen molar-refractivity contribution in [2.24, 2.45) is 0 Å². The molecule has 0 bridgehead atoms. The highest BCUT2D eigenvalue weighted by Crippen LogP contribution is 2.48. The van der Waals surface area contributed by atoms with Crippen LogP contribution >= 0.6 is 31.9 Å². The van der Waals surface area contributed by atoms with Gasteiger partial charge in [-0.2, -0.15) is 0 Å². The SMILES string of the molecule is CC(C)(C)c1cc(Br)cc(C(C)(C)C)c1Oc1c(C(C)(C)C)cc(Br)cc1C(C)(C)C. The molecule has 2 aromatic carbocycles. The van der Waals surface area contributed by atoms with Crippen molar-refractivity contribution in [1.82, 2.24) is 0 Å². The minimum Gasteiger partial charge on any atom is -0.456 e. The number of rotatable bonds is 2. The lowest BCUT2D eigenvalue weighted by Gasteiger charge is -2.34. The smallest absolute Gasteiger partial charge is 0.134 e. The Bertz CT molecular complexity index is 809. The van der Waals surface area contributed by atoms with Gasteiger partial charge in [-0.15, -0.1) is 0 Å². The molecule has 31 heavy (non-hydrogen) atoms. The lowest BCUT2D eigenvalue weighted by Crippen LogP contribution is -2.22. The van der Waals surface area contributed by atoms with Crippen LogP contribution in [0.5, 0.6) is 11.5 Å². The number of benzene rings is 2. The van der Waals surface area contributed by atoms with Gasteiger partial charge in [0.05, 0.1) is 0 Å². The normalized spacial score (nSPS) is 13.5. The van der Waals surface area contributed by atoms with Crippen LogP contribution in [0.2, 0.25) is 0 Å². The van der Waals surface area contributed by atoms with E-state index >= 15 is 0 Å². The molecule has 0 aliphatic heterocycles. The molecule has 172 valence electrons. The highest BCUT2D eigenvalue weighted by atomic mass is 79.9. The fourth-order valence-corrected chi connectivity index (χ4v) is 4.65. The molecular weight excluding hydrogens is 512 g/mol. The molecule has 0 aliphatic carbocycles. The van der Waals surface area contributed by atoms with Crippen molar-refractivity contribution in [1.29, 1.82) is 0 Å². The van der Waals surface area contributed by atoms with Gasteiger partial charge < -0.3 is 4.74 Å². The molecule has 0 saturated heterocycles.